The zero-order valence-corrected chi connectivity index (χ0v) is 10.0. The topological polar surface area (TPSA) is 38.3 Å². The van der Waals surface area contributed by atoms with Crippen LogP contribution >= 0.6 is 11.8 Å². The Labute approximate surface area is 99.6 Å². The summed E-state index contributed by atoms with van der Waals surface area (Å²) >= 11 is 1.67. The van der Waals surface area contributed by atoms with Crippen molar-refractivity contribution in [1.29, 1.82) is 0 Å². The number of carbonyl (C=O) groups excluding carboxylic acids is 1. The van der Waals surface area contributed by atoms with Crippen molar-refractivity contribution in [2.75, 3.05) is 12.5 Å². The molecule has 1 N–H and O–H groups in total. The van der Waals surface area contributed by atoms with Gasteiger partial charge in [-0.1, -0.05) is 12.1 Å². The number of thioether (sulfide) groups is 1. The molecule has 1 atom stereocenters. The van der Waals surface area contributed by atoms with E-state index in [9.17, 15) is 4.79 Å². The Bertz CT molecular complexity index is 364. The van der Waals surface area contributed by atoms with Crippen LogP contribution in [0, 0.1) is 0 Å². The van der Waals surface area contributed by atoms with Crippen LogP contribution in [-0.4, -0.2) is 23.6 Å². The Morgan fingerprint density at radius 3 is 2.75 bits per heavy atom. The molecule has 1 aromatic carbocycles. The van der Waals surface area contributed by atoms with Crippen LogP contribution in [0.5, 0.6) is 5.75 Å². The number of hydrogen-bond donors (Lipinski definition) is 1. The van der Waals surface area contributed by atoms with Gasteiger partial charge in [0.15, 0.2) is 0 Å². The van der Waals surface area contributed by atoms with Gasteiger partial charge in [0.1, 0.15) is 5.75 Å². The average molecular weight is 237 g/mol. The normalized spacial score (nSPS) is 19.6. The summed E-state index contributed by atoms with van der Waals surface area (Å²) in [7, 11) is 0. The summed E-state index contributed by atoms with van der Waals surface area (Å²) in [6.07, 6.45) is 0.795. The van der Waals surface area contributed by atoms with Gasteiger partial charge in [0.2, 0.25) is 5.91 Å². The van der Waals surface area contributed by atoms with E-state index < -0.39 is 0 Å². The molecule has 1 aliphatic heterocycles. The van der Waals surface area contributed by atoms with Crippen LogP contribution in [0.1, 0.15) is 12.5 Å². The quantitative estimate of drug-likeness (QED) is 0.868. The molecule has 1 fully saturated rings. The van der Waals surface area contributed by atoms with Crippen LogP contribution < -0.4 is 10.1 Å². The van der Waals surface area contributed by atoms with E-state index in [4.69, 9.17) is 4.74 Å². The Kier molecular flexibility index (Phi) is 3.72. The number of carbonyl (C=O) groups is 1. The van der Waals surface area contributed by atoms with Crippen molar-refractivity contribution in [3.8, 4) is 5.75 Å². The molecular formula is C12H15NO2S. The first kappa shape index (κ1) is 11.3. The highest BCUT2D eigenvalue weighted by atomic mass is 32.2. The second kappa shape index (κ2) is 5.25. The molecule has 3 nitrogen and oxygen atoms in total. The molecule has 1 aromatic rings. The molecule has 1 amide bonds. The number of rotatable bonds is 4. The Hall–Kier alpha value is -1.16. The number of hydrogen-bond acceptors (Lipinski definition) is 3. The number of amides is 1. The summed E-state index contributed by atoms with van der Waals surface area (Å²) in [6.45, 7) is 2.65. The van der Waals surface area contributed by atoms with Crippen LogP contribution in [0.4, 0.5) is 0 Å². The minimum atomic E-state index is 0.0675. The third-order valence-electron chi connectivity index (χ3n) is 2.48. The lowest BCUT2D eigenvalue weighted by atomic mass is 10.1. The standard InChI is InChI=1S/C12H15NO2S/c1-2-15-10-5-3-9(4-6-10)7-11-12(14)13-8-16-11/h3-6,11H,2,7-8H2,1H3,(H,13,14). The van der Waals surface area contributed by atoms with Gasteiger partial charge in [0, 0.05) is 0 Å². The first-order chi connectivity index (χ1) is 7.79. The van der Waals surface area contributed by atoms with Crippen molar-refractivity contribution in [3.63, 3.8) is 0 Å². The molecule has 1 heterocycles. The van der Waals surface area contributed by atoms with Crippen molar-refractivity contribution in [3.05, 3.63) is 29.8 Å². The molecule has 0 aromatic heterocycles. The van der Waals surface area contributed by atoms with Crippen LogP contribution in [0.2, 0.25) is 0 Å². The van der Waals surface area contributed by atoms with Gasteiger partial charge >= 0.3 is 0 Å². The largest absolute Gasteiger partial charge is 0.494 e. The third-order valence-corrected chi connectivity index (χ3v) is 3.57. The maximum atomic E-state index is 11.4. The van der Waals surface area contributed by atoms with Gasteiger partial charge in [-0.05, 0) is 31.0 Å². The first-order valence-corrected chi connectivity index (χ1v) is 6.45. The molecule has 1 aliphatic rings. The van der Waals surface area contributed by atoms with Gasteiger partial charge in [-0.15, -0.1) is 11.8 Å². The summed E-state index contributed by atoms with van der Waals surface area (Å²) in [5.74, 6) is 1.77. The first-order valence-electron chi connectivity index (χ1n) is 5.40. The molecule has 1 saturated heterocycles. The van der Waals surface area contributed by atoms with Gasteiger partial charge < -0.3 is 10.1 Å². The fourth-order valence-electron chi connectivity index (χ4n) is 1.66. The molecular weight excluding hydrogens is 222 g/mol. The van der Waals surface area contributed by atoms with Crippen molar-refractivity contribution in [2.24, 2.45) is 0 Å². The molecule has 4 heteroatoms. The molecule has 2 rings (SSSR count). The van der Waals surface area contributed by atoms with E-state index in [1.54, 1.807) is 11.8 Å². The average Bonchev–Trinajstić information content (AvgIpc) is 2.68. The smallest absolute Gasteiger partial charge is 0.234 e. The third kappa shape index (κ3) is 2.70. The van der Waals surface area contributed by atoms with Gasteiger partial charge in [0.05, 0.1) is 17.7 Å². The molecule has 1 unspecified atom stereocenters. The van der Waals surface area contributed by atoms with Crippen molar-refractivity contribution in [1.82, 2.24) is 5.32 Å². The minimum Gasteiger partial charge on any atom is -0.494 e. The van der Waals surface area contributed by atoms with E-state index in [0.717, 1.165) is 18.0 Å². The van der Waals surface area contributed by atoms with E-state index in [2.05, 4.69) is 5.32 Å². The van der Waals surface area contributed by atoms with Crippen molar-refractivity contribution < 1.29 is 9.53 Å². The molecule has 0 radical (unpaired) electrons. The van der Waals surface area contributed by atoms with E-state index >= 15 is 0 Å². The van der Waals surface area contributed by atoms with Crippen molar-refractivity contribution >= 4 is 17.7 Å². The summed E-state index contributed by atoms with van der Waals surface area (Å²) in [5, 5.41) is 2.89. The van der Waals surface area contributed by atoms with Crippen LogP contribution in [0.25, 0.3) is 0 Å². The summed E-state index contributed by atoms with van der Waals surface area (Å²) < 4.78 is 5.37. The highest BCUT2D eigenvalue weighted by molar-refractivity contribution is 8.01. The van der Waals surface area contributed by atoms with Gasteiger partial charge in [0.25, 0.3) is 0 Å². The lowest BCUT2D eigenvalue weighted by Gasteiger charge is -2.07. The van der Waals surface area contributed by atoms with E-state index in [-0.39, 0.29) is 11.2 Å². The minimum absolute atomic E-state index is 0.0675. The fraction of sp³-hybridized carbons (Fsp3) is 0.417. The number of benzene rings is 1. The molecule has 0 bridgehead atoms. The highest BCUT2D eigenvalue weighted by Crippen LogP contribution is 2.22. The van der Waals surface area contributed by atoms with Gasteiger partial charge in [-0.3, -0.25) is 4.79 Å². The zero-order chi connectivity index (χ0) is 11.4. The Balaban J connectivity index is 1.96. The Morgan fingerprint density at radius 2 is 2.19 bits per heavy atom. The zero-order valence-electron chi connectivity index (χ0n) is 9.23. The molecule has 16 heavy (non-hydrogen) atoms. The van der Waals surface area contributed by atoms with E-state index in [1.807, 2.05) is 31.2 Å². The highest BCUT2D eigenvalue weighted by Gasteiger charge is 2.24. The van der Waals surface area contributed by atoms with Gasteiger partial charge in [-0.25, -0.2) is 0 Å². The lowest BCUT2D eigenvalue weighted by Crippen LogP contribution is -2.23. The number of nitrogens with one attached hydrogen (secondary N) is 1. The lowest BCUT2D eigenvalue weighted by molar-refractivity contribution is -0.119. The van der Waals surface area contributed by atoms with E-state index in [1.165, 1.54) is 5.56 Å². The van der Waals surface area contributed by atoms with Crippen LogP contribution in [-0.2, 0) is 11.2 Å². The fourth-order valence-corrected chi connectivity index (χ4v) is 2.63. The SMILES string of the molecule is CCOc1ccc(CC2SCNC2=O)cc1. The molecule has 0 aliphatic carbocycles. The maximum absolute atomic E-state index is 11.4. The molecule has 0 spiro atoms. The second-order valence-corrected chi connectivity index (χ2v) is 4.81. The molecule has 86 valence electrons. The predicted octanol–water partition coefficient (Wildman–Crippen LogP) is 1.82. The summed E-state index contributed by atoms with van der Waals surface area (Å²) in [5.41, 5.74) is 1.18. The second-order valence-electron chi connectivity index (χ2n) is 3.62. The van der Waals surface area contributed by atoms with Gasteiger partial charge in [-0.2, -0.15) is 0 Å². The van der Waals surface area contributed by atoms with E-state index in [0.29, 0.717) is 6.61 Å². The van der Waals surface area contributed by atoms with Crippen molar-refractivity contribution in [2.45, 2.75) is 18.6 Å². The maximum Gasteiger partial charge on any atom is 0.234 e. The monoisotopic (exact) mass is 237 g/mol. The summed E-state index contributed by atoms with van der Waals surface area (Å²) in [6, 6.07) is 7.96. The number of ether oxygens (including phenoxy) is 1. The summed E-state index contributed by atoms with van der Waals surface area (Å²) in [4.78, 5) is 11.4. The Morgan fingerprint density at radius 1 is 1.44 bits per heavy atom. The molecule has 0 saturated carbocycles. The van der Waals surface area contributed by atoms with Crippen LogP contribution in [0.15, 0.2) is 24.3 Å². The predicted molar refractivity (Wildman–Crippen MR) is 65.7 cm³/mol. The van der Waals surface area contributed by atoms with Crippen LogP contribution in [0.3, 0.4) is 0 Å².